The molecule has 0 atom stereocenters. The minimum Gasteiger partial charge on any atom is -0.350 e. The number of carbonyl (C=O) groups is 1. The molecule has 1 rings (SSSR count). The van der Waals surface area contributed by atoms with Crippen molar-refractivity contribution in [3.63, 3.8) is 0 Å². The topological polar surface area (TPSA) is 76.1 Å². The molecule has 0 aromatic carbocycles. The third-order valence-electron chi connectivity index (χ3n) is 1.72. The number of hydrogen-bond acceptors (Lipinski definition) is 4. The van der Waals surface area contributed by atoms with Crippen LogP contribution in [0.15, 0.2) is 22.8 Å². The van der Waals surface area contributed by atoms with Crippen LogP contribution in [0.4, 0.5) is 0 Å². The fraction of sp³-hybridized carbons (Fsp3) is 0.333. The number of amides is 1. The highest BCUT2D eigenvalue weighted by Crippen LogP contribution is 2.06. The molecule has 16 heavy (non-hydrogen) atoms. The summed E-state index contributed by atoms with van der Waals surface area (Å²) in [6.45, 7) is 0.0927. The molecule has 1 aromatic heterocycles. The van der Waals surface area contributed by atoms with Crippen LogP contribution in [-0.2, 0) is 9.84 Å². The first-order valence-electron chi connectivity index (χ1n) is 4.46. The predicted octanol–water partition coefficient (Wildman–Crippen LogP) is 0.618. The van der Waals surface area contributed by atoms with E-state index in [0.717, 1.165) is 10.7 Å². The lowest BCUT2D eigenvalue weighted by Gasteiger charge is -2.03. The van der Waals surface area contributed by atoms with Crippen molar-refractivity contribution in [2.75, 3.05) is 18.6 Å². The van der Waals surface area contributed by atoms with E-state index < -0.39 is 9.84 Å². The Kier molecular flexibility index (Phi) is 4.43. The zero-order valence-corrected chi connectivity index (χ0v) is 11.0. The van der Waals surface area contributed by atoms with Crippen LogP contribution in [0.2, 0.25) is 0 Å². The molecule has 0 aliphatic heterocycles. The number of nitrogens with zero attached hydrogens (tertiary/aromatic N) is 1. The van der Waals surface area contributed by atoms with Gasteiger partial charge in [-0.1, -0.05) is 0 Å². The molecule has 0 bridgehead atoms. The van der Waals surface area contributed by atoms with Crippen LogP contribution in [0.3, 0.4) is 0 Å². The Morgan fingerprint density at radius 3 is 2.69 bits per heavy atom. The van der Waals surface area contributed by atoms with Crippen LogP contribution < -0.4 is 5.32 Å². The Morgan fingerprint density at radius 2 is 2.19 bits per heavy atom. The molecule has 0 unspecified atom stereocenters. The number of rotatable bonds is 4. The second-order valence-electron chi connectivity index (χ2n) is 3.25. The van der Waals surface area contributed by atoms with Gasteiger partial charge in [0.1, 0.15) is 15.5 Å². The average Bonchev–Trinajstić information content (AvgIpc) is 2.16. The normalized spacial score (nSPS) is 11.1. The minimum absolute atomic E-state index is 0.0741. The van der Waals surface area contributed by atoms with Crippen molar-refractivity contribution in [2.45, 2.75) is 0 Å². The summed E-state index contributed by atoms with van der Waals surface area (Å²) in [6.07, 6.45) is 2.63. The maximum Gasteiger partial charge on any atom is 0.269 e. The second kappa shape index (κ2) is 5.40. The monoisotopic (exact) mass is 306 g/mol. The second-order valence-corrected chi connectivity index (χ2v) is 6.42. The molecule has 88 valence electrons. The molecular weight excluding hydrogens is 296 g/mol. The number of halogens is 1. The van der Waals surface area contributed by atoms with Gasteiger partial charge in [0.05, 0.1) is 5.75 Å². The number of pyridine rings is 1. The lowest BCUT2D eigenvalue weighted by Crippen LogP contribution is -2.29. The van der Waals surface area contributed by atoms with Gasteiger partial charge >= 0.3 is 0 Å². The van der Waals surface area contributed by atoms with E-state index in [1.807, 2.05) is 0 Å². The lowest BCUT2D eigenvalue weighted by molar-refractivity contribution is 0.0951. The van der Waals surface area contributed by atoms with Gasteiger partial charge < -0.3 is 5.32 Å². The standard InChI is InChI=1S/C9H11BrN2O3S/c1-16(14,15)5-4-11-9(13)8-3-2-7(10)6-12-8/h2-3,6H,4-5H2,1H3,(H,11,13). The van der Waals surface area contributed by atoms with Crippen molar-refractivity contribution in [1.82, 2.24) is 10.3 Å². The quantitative estimate of drug-likeness (QED) is 0.884. The van der Waals surface area contributed by atoms with Gasteiger partial charge in [-0.3, -0.25) is 4.79 Å². The summed E-state index contributed by atoms with van der Waals surface area (Å²) in [7, 11) is -3.05. The zero-order chi connectivity index (χ0) is 12.2. The molecule has 1 aromatic rings. The highest BCUT2D eigenvalue weighted by molar-refractivity contribution is 9.10. The van der Waals surface area contributed by atoms with Gasteiger partial charge in [0, 0.05) is 23.5 Å². The van der Waals surface area contributed by atoms with E-state index >= 15 is 0 Å². The van der Waals surface area contributed by atoms with Crippen LogP contribution >= 0.6 is 15.9 Å². The SMILES string of the molecule is CS(=O)(=O)CCNC(=O)c1ccc(Br)cn1. The molecule has 7 heteroatoms. The van der Waals surface area contributed by atoms with E-state index in [1.54, 1.807) is 12.1 Å². The van der Waals surface area contributed by atoms with E-state index in [4.69, 9.17) is 0 Å². The molecule has 0 spiro atoms. The van der Waals surface area contributed by atoms with Crippen LogP contribution in [0.5, 0.6) is 0 Å². The van der Waals surface area contributed by atoms with Gasteiger partial charge in [-0.25, -0.2) is 13.4 Å². The Morgan fingerprint density at radius 1 is 1.50 bits per heavy atom. The number of nitrogens with one attached hydrogen (secondary N) is 1. The summed E-state index contributed by atoms with van der Waals surface area (Å²) in [4.78, 5) is 15.3. The van der Waals surface area contributed by atoms with Crippen molar-refractivity contribution in [2.24, 2.45) is 0 Å². The molecule has 0 saturated heterocycles. The van der Waals surface area contributed by atoms with E-state index in [2.05, 4.69) is 26.2 Å². The Balaban J connectivity index is 2.50. The molecule has 0 aliphatic carbocycles. The smallest absolute Gasteiger partial charge is 0.269 e. The van der Waals surface area contributed by atoms with Crippen molar-refractivity contribution in [3.05, 3.63) is 28.5 Å². The van der Waals surface area contributed by atoms with Gasteiger partial charge in [-0.2, -0.15) is 0 Å². The van der Waals surface area contributed by atoms with Gasteiger partial charge in [-0.15, -0.1) is 0 Å². The van der Waals surface area contributed by atoms with Crippen LogP contribution in [0.1, 0.15) is 10.5 Å². The lowest BCUT2D eigenvalue weighted by atomic mass is 10.3. The molecular formula is C9H11BrN2O3S. The van der Waals surface area contributed by atoms with Crippen molar-refractivity contribution < 1.29 is 13.2 Å². The minimum atomic E-state index is -3.05. The Hall–Kier alpha value is -0.950. The third kappa shape index (κ3) is 4.71. The summed E-state index contributed by atoms with van der Waals surface area (Å²) in [5, 5.41) is 2.48. The van der Waals surface area contributed by atoms with Gasteiger partial charge in [0.15, 0.2) is 0 Å². The number of carbonyl (C=O) groups excluding carboxylic acids is 1. The summed E-state index contributed by atoms with van der Waals surface area (Å²) in [5.41, 5.74) is 0.261. The van der Waals surface area contributed by atoms with E-state index in [0.29, 0.717) is 0 Å². The van der Waals surface area contributed by atoms with Crippen LogP contribution in [0.25, 0.3) is 0 Å². The van der Waals surface area contributed by atoms with Crippen LogP contribution in [-0.4, -0.2) is 37.9 Å². The molecule has 0 saturated carbocycles. The number of aromatic nitrogens is 1. The highest BCUT2D eigenvalue weighted by Gasteiger charge is 2.08. The fourth-order valence-electron chi connectivity index (χ4n) is 0.951. The molecule has 0 aliphatic rings. The summed E-state index contributed by atoms with van der Waals surface area (Å²) in [5.74, 6) is -0.453. The first kappa shape index (κ1) is 13.1. The van der Waals surface area contributed by atoms with Gasteiger partial charge in [0.2, 0.25) is 0 Å². The molecule has 1 heterocycles. The first-order chi connectivity index (χ1) is 7.38. The summed E-state index contributed by atoms with van der Waals surface area (Å²) in [6, 6.07) is 3.25. The Labute approximate surface area is 102 Å². The summed E-state index contributed by atoms with van der Waals surface area (Å²) < 4.78 is 22.4. The zero-order valence-electron chi connectivity index (χ0n) is 8.60. The largest absolute Gasteiger partial charge is 0.350 e. The summed E-state index contributed by atoms with van der Waals surface area (Å²) >= 11 is 3.20. The molecule has 0 fully saturated rings. The van der Waals surface area contributed by atoms with Gasteiger partial charge in [0.25, 0.3) is 5.91 Å². The van der Waals surface area contributed by atoms with Crippen molar-refractivity contribution in [1.29, 1.82) is 0 Å². The molecule has 0 radical (unpaired) electrons. The third-order valence-corrected chi connectivity index (χ3v) is 3.13. The number of sulfone groups is 1. The van der Waals surface area contributed by atoms with E-state index in [-0.39, 0.29) is 23.9 Å². The Bertz CT molecular complexity index is 470. The maximum atomic E-state index is 11.5. The van der Waals surface area contributed by atoms with Crippen molar-refractivity contribution >= 4 is 31.7 Å². The molecule has 1 amide bonds. The maximum absolute atomic E-state index is 11.5. The predicted molar refractivity (Wildman–Crippen MR) is 64.0 cm³/mol. The van der Waals surface area contributed by atoms with Gasteiger partial charge in [-0.05, 0) is 28.1 Å². The molecule has 1 N–H and O–H groups in total. The van der Waals surface area contributed by atoms with E-state index in [9.17, 15) is 13.2 Å². The van der Waals surface area contributed by atoms with Crippen molar-refractivity contribution in [3.8, 4) is 0 Å². The van der Waals surface area contributed by atoms with Crippen LogP contribution in [0, 0.1) is 0 Å². The highest BCUT2D eigenvalue weighted by atomic mass is 79.9. The fourth-order valence-corrected chi connectivity index (χ4v) is 1.66. The number of hydrogen-bond donors (Lipinski definition) is 1. The first-order valence-corrected chi connectivity index (χ1v) is 7.31. The van der Waals surface area contributed by atoms with E-state index in [1.165, 1.54) is 6.20 Å². The molecule has 5 nitrogen and oxygen atoms in total. The average molecular weight is 307 g/mol.